The molecule has 0 atom stereocenters. The Morgan fingerprint density at radius 3 is 2.35 bits per heavy atom. The van der Waals surface area contributed by atoms with Gasteiger partial charge in [0.1, 0.15) is 5.82 Å². The van der Waals surface area contributed by atoms with Gasteiger partial charge in [0.2, 0.25) is 0 Å². The van der Waals surface area contributed by atoms with Crippen molar-refractivity contribution >= 4 is 17.8 Å². The van der Waals surface area contributed by atoms with Crippen LogP contribution in [0, 0.1) is 5.82 Å². The Morgan fingerprint density at radius 2 is 1.74 bits per heavy atom. The van der Waals surface area contributed by atoms with Crippen molar-refractivity contribution in [2.24, 2.45) is 0 Å². The molecule has 0 bridgehead atoms. The normalized spacial score (nSPS) is 10.7. The number of benzene rings is 2. The molecule has 2 amide bonds. The number of rotatable bonds is 5. The summed E-state index contributed by atoms with van der Waals surface area (Å²) in [7, 11) is 0. The molecule has 0 saturated carbocycles. The molecule has 23 heavy (non-hydrogen) atoms. The van der Waals surface area contributed by atoms with E-state index in [-0.39, 0.29) is 11.8 Å². The summed E-state index contributed by atoms with van der Waals surface area (Å²) in [5.41, 5.74) is 3.77. The summed E-state index contributed by atoms with van der Waals surface area (Å²) in [5.74, 6) is -0.305. The standard InChI is InChI=1S/C19H21FN2O/c1-3-15-8-6-9-16(4-2)18(15)22-19(23)21-12-11-14-7-5-10-17(20)13-14/h5-13H,3-4H2,1-2H3,(H2,21,22,23)/b12-11+. The molecule has 0 aromatic heterocycles. The zero-order valence-electron chi connectivity index (χ0n) is 13.4. The fraction of sp³-hybridized carbons (Fsp3) is 0.211. The van der Waals surface area contributed by atoms with Crippen LogP contribution in [-0.2, 0) is 12.8 Å². The lowest BCUT2D eigenvalue weighted by molar-refractivity contribution is 0.255. The maximum Gasteiger partial charge on any atom is 0.323 e. The maximum atomic E-state index is 13.1. The summed E-state index contributed by atoms with van der Waals surface area (Å²) in [4.78, 5) is 12.1. The van der Waals surface area contributed by atoms with Crippen molar-refractivity contribution in [1.82, 2.24) is 5.32 Å². The first-order valence-electron chi connectivity index (χ1n) is 7.74. The number of nitrogens with one attached hydrogen (secondary N) is 2. The van der Waals surface area contributed by atoms with Crippen LogP contribution in [0.5, 0.6) is 0 Å². The quantitative estimate of drug-likeness (QED) is 0.822. The molecular weight excluding hydrogens is 291 g/mol. The van der Waals surface area contributed by atoms with Gasteiger partial charge in [0, 0.05) is 11.9 Å². The van der Waals surface area contributed by atoms with Crippen LogP contribution >= 0.6 is 0 Å². The molecule has 0 fully saturated rings. The van der Waals surface area contributed by atoms with E-state index in [0.717, 1.165) is 29.7 Å². The van der Waals surface area contributed by atoms with E-state index < -0.39 is 0 Å². The molecule has 0 aliphatic rings. The third-order valence-electron chi connectivity index (χ3n) is 3.58. The minimum atomic E-state index is -0.312. The summed E-state index contributed by atoms with van der Waals surface area (Å²) in [5, 5.41) is 5.55. The Hall–Kier alpha value is -2.62. The SMILES string of the molecule is CCc1cccc(CC)c1NC(=O)N/C=C/c1cccc(F)c1. The first kappa shape index (κ1) is 16.7. The van der Waals surface area contributed by atoms with Crippen LogP contribution in [0.2, 0.25) is 0 Å². The number of aryl methyl sites for hydroxylation is 2. The number of halogens is 1. The second kappa shape index (κ2) is 8.13. The van der Waals surface area contributed by atoms with Crippen molar-refractivity contribution in [3.05, 3.63) is 71.2 Å². The molecule has 3 nitrogen and oxygen atoms in total. The van der Waals surface area contributed by atoms with Crippen LogP contribution < -0.4 is 10.6 Å². The largest absolute Gasteiger partial charge is 0.323 e. The molecule has 0 aliphatic carbocycles. The topological polar surface area (TPSA) is 41.1 Å². The van der Waals surface area contributed by atoms with Crippen molar-refractivity contribution in [2.75, 3.05) is 5.32 Å². The average Bonchev–Trinajstić information content (AvgIpc) is 2.55. The highest BCUT2D eigenvalue weighted by Gasteiger charge is 2.08. The van der Waals surface area contributed by atoms with Gasteiger partial charge in [0.25, 0.3) is 0 Å². The van der Waals surface area contributed by atoms with Crippen LogP contribution in [0.3, 0.4) is 0 Å². The smallest absolute Gasteiger partial charge is 0.314 e. The molecule has 0 saturated heterocycles. The van der Waals surface area contributed by atoms with Crippen molar-refractivity contribution in [2.45, 2.75) is 26.7 Å². The minimum Gasteiger partial charge on any atom is -0.314 e. The molecule has 4 heteroatoms. The number of hydrogen-bond acceptors (Lipinski definition) is 1. The van der Waals surface area contributed by atoms with Gasteiger partial charge in [-0.15, -0.1) is 0 Å². The van der Waals surface area contributed by atoms with Crippen molar-refractivity contribution in [3.8, 4) is 0 Å². The average molecular weight is 312 g/mol. The number of carbonyl (C=O) groups excluding carboxylic acids is 1. The molecule has 2 N–H and O–H groups in total. The van der Waals surface area contributed by atoms with E-state index in [1.807, 2.05) is 18.2 Å². The van der Waals surface area contributed by atoms with Gasteiger partial charge in [0.05, 0.1) is 0 Å². The molecule has 2 aromatic rings. The first-order chi connectivity index (χ1) is 11.1. The van der Waals surface area contributed by atoms with E-state index in [0.29, 0.717) is 5.56 Å². The Bertz CT molecular complexity index is 688. The third-order valence-corrected chi connectivity index (χ3v) is 3.58. The Balaban J connectivity index is 2.03. The van der Waals surface area contributed by atoms with Gasteiger partial charge in [-0.05, 0) is 47.7 Å². The predicted octanol–water partition coefficient (Wildman–Crippen LogP) is 4.74. The zero-order chi connectivity index (χ0) is 16.7. The second-order valence-corrected chi connectivity index (χ2v) is 5.15. The summed E-state index contributed by atoms with van der Waals surface area (Å²) in [6.45, 7) is 4.11. The number of urea groups is 1. The van der Waals surface area contributed by atoms with Gasteiger partial charge in [-0.1, -0.05) is 44.2 Å². The van der Waals surface area contributed by atoms with Crippen LogP contribution in [-0.4, -0.2) is 6.03 Å². The number of carbonyl (C=O) groups is 1. The molecule has 0 heterocycles. The van der Waals surface area contributed by atoms with Gasteiger partial charge in [0.15, 0.2) is 0 Å². The van der Waals surface area contributed by atoms with Gasteiger partial charge in [-0.2, -0.15) is 0 Å². The maximum absolute atomic E-state index is 13.1. The predicted molar refractivity (Wildman–Crippen MR) is 92.8 cm³/mol. The molecular formula is C19H21FN2O. The summed E-state index contributed by atoms with van der Waals surface area (Å²) in [6, 6.07) is 11.9. The van der Waals surface area contributed by atoms with Crippen molar-refractivity contribution < 1.29 is 9.18 Å². The van der Waals surface area contributed by atoms with E-state index in [2.05, 4.69) is 24.5 Å². The van der Waals surface area contributed by atoms with Gasteiger partial charge in [-0.3, -0.25) is 0 Å². The lowest BCUT2D eigenvalue weighted by Crippen LogP contribution is -2.25. The zero-order valence-corrected chi connectivity index (χ0v) is 13.4. The third kappa shape index (κ3) is 4.68. The summed E-state index contributed by atoms with van der Waals surface area (Å²) in [6.07, 6.45) is 4.85. The molecule has 120 valence electrons. The number of para-hydroxylation sites is 1. The number of anilines is 1. The summed E-state index contributed by atoms with van der Waals surface area (Å²) < 4.78 is 13.1. The van der Waals surface area contributed by atoms with Crippen molar-refractivity contribution in [1.29, 1.82) is 0 Å². The lowest BCUT2D eigenvalue weighted by atomic mass is 10.0. The van der Waals surface area contributed by atoms with E-state index in [4.69, 9.17) is 0 Å². The monoisotopic (exact) mass is 312 g/mol. The molecule has 0 aliphatic heterocycles. The van der Waals surface area contributed by atoms with Gasteiger partial charge >= 0.3 is 6.03 Å². The van der Waals surface area contributed by atoms with E-state index in [1.54, 1.807) is 18.2 Å². The first-order valence-corrected chi connectivity index (χ1v) is 7.74. The van der Waals surface area contributed by atoms with Crippen molar-refractivity contribution in [3.63, 3.8) is 0 Å². The van der Waals surface area contributed by atoms with Gasteiger partial charge in [-0.25, -0.2) is 9.18 Å². The highest BCUT2D eigenvalue weighted by molar-refractivity contribution is 5.92. The highest BCUT2D eigenvalue weighted by atomic mass is 19.1. The lowest BCUT2D eigenvalue weighted by Gasteiger charge is -2.14. The van der Waals surface area contributed by atoms with Crippen LogP contribution in [0.4, 0.5) is 14.9 Å². The fourth-order valence-electron chi connectivity index (χ4n) is 2.38. The van der Waals surface area contributed by atoms with E-state index in [9.17, 15) is 9.18 Å². The number of amides is 2. The molecule has 0 unspecified atom stereocenters. The Labute approximate surface area is 136 Å². The minimum absolute atomic E-state index is 0.305. The van der Waals surface area contributed by atoms with E-state index >= 15 is 0 Å². The van der Waals surface area contributed by atoms with Crippen LogP contribution in [0.25, 0.3) is 6.08 Å². The summed E-state index contributed by atoms with van der Waals surface area (Å²) >= 11 is 0. The molecule has 2 aromatic carbocycles. The second-order valence-electron chi connectivity index (χ2n) is 5.15. The molecule has 0 spiro atoms. The van der Waals surface area contributed by atoms with Crippen LogP contribution in [0.15, 0.2) is 48.7 Å². The molecule has 2 rings (SSSR count). The highest BCUT2D eigenvalue weighted by Crippen LogP contribution is 2.22. The van der Waals surface area contributed by atoms with E-state index in [1.165, 1.54) is 18.3 Å². The fourth-order valence-corrected chi connectivity index (χ4v) is 2.38. The van der Waals surface area contributed by atoms with Gasteiger partial charge < -0.3 is 10.6 Å². The number of hydrogen-bond donors (Lipinski definition) is 2. The molecule has 0 radical (unpaired) electrons. The Kier molecular flexibility index (Phi) is 5.92. The Morgan fingerprint density at radius 1 is 1.09 bits per heavy atom. The van der Waals surface area contributed by atoms with Crippen LogP contribution in [0.1, 0.15) is 30.5 Å².